The Morgan fingerprint density at radius 3 is 2.94 bits per heavy atom. The average molecular weight is 245 g/mol. The summed E-state index contributed by atoms with van der Waals surface area (Å²) in [5, 5.41) is 6.23. The van der Waals surface area contributed by atoms with Crippen LogP contribution in [0.15, 0.2) is 0 Å². The zero-order valence-electron chi connectivity index (χ0n) is 10.3. The number of unbranched alkanes of at least 4 members (excludes halogenated alkanes) is 1. The van der Waals surface area contributed by atoms with Crippen LogP contribution in [-0.4, -0.2) is 62.1 Å². The van der Waals surface area contributed by atoms with E-state index >= 15 is 0 Å². The van der Waals surface area contributed by atoms with Crippen molar-refractivity contribution in [3.8, 4) is 0 Å². The number of nitrogens with one attached hydrogen (secondary N) is 2. The van der Waals surface area contributed by atoms with Gasteiger partial charge in [0.2, 0.25) is 5.91 Å². The second-order valence-corrected chi connectivity index (χ2v) is 5.53. The summed E-state index contributed by atoms with van der Waals surface area (Å²) >= 11 is 1.85. The van der Waals surface area contributed by atoms with Crippen molar-refractivity contribution < 1.29 is 4.79 Å². The molecule has 94 valence electrons. The Labute approximate surface area is 103 Å². The van der Waals surface area contributed by atoms with E-state index in [9.17, 15) is 4.79 Å². The van der Waals surface area contributed by atoms with Crippen LogP contribution in [0, 0.1) is 0 Å². The lowest BCUT2D eigenvalue weighted by Crippen LogP contribution is -2.49. The van der Waals surface area contributed by atoms with Gasteiger partial charge in [-0.15, -0.1) is 0 Å². The molecule has 0 bridgehead atoms. The Hall–Kier alpha value is -0.260. The monoisotopic (exact) mass is 245 g/mol. The summed E-state index contributed by atoms with van der Waals surface area (Å²) in [4.78, 5) is 13.9. The second kappa shape index (κ2) is 7.92. The molecule has 0 aromatic heterocycles. The van der Waals surface area contributed by atoms with Crippen LogP contribution < -0.4 is 10.6 Å². The van der Waals surface area contributed by atoms with Gasteiger partial charge in [-0.3, -0.25) is 4.79 Å². The molecule has 4 nitrogen and oxygen atoms in total. The van der Waals surface area contributed by atoms with Gasteiger partial charge >= 0.3 is 0 Å². The van der Waals surface area contributed by atoms with E-state index in [0.29, 0.717) is 0 Å². The van der Waals surface area contributed by atoms with Gasteiger partial charge in [0.15, 0.2) is 0 Å². The molecule has 1 amide bonds. The second-order valence-electron chi connectivity index (χ2n) is 4.38. The van der Waals surface area contributed by atoms with E-state index in [4.69, 9.17) is 0 Å². The topological polar surface area (TPSA) is 44.4 Å². The van der Waals surface area contributed by atoms with Crippen molar-refractivity contribution in [1.29, 1.82) is 0 Å². The maximum Gasteiger partial charge on any atom is 0.237 e. The van der Waals surface area contributed by atoms with E-state index in [0.717, 1.165) is 44.0 Å². The van der Waals surface area contributed by atoms with Crippen molar-refractivity contribution in [1.82, 2.24) is 15.5 Å². The molecule has 1 rings (SSSR count). The molecular formula is C11H23N3OS. The summed E-state index contributed by atoms with van der Waals surface area (Å²) in [6.07, 6.45) is 2.20. The first-order valence-electron chi connectivity index (χ1n) is 5.93. The first-order chi connectivity index (χ1) is 7.70. The molecular weight excluding hydrogens is 222 g/mol. The van der Waals surface area contributed by atoms with E-state index in [1.54, 1.807) is 0 Å². The molecule has 0 aliphatic carbocycles. The van der Waals surface area contributed by atoms with Gasteiger partial charge in [-0.05, 0) is 33.5 Å². The van der Waals surface area contributed by atoms with Crippen molar-refractivity contribution in [2.45, 2.75) is 18.9 Å². The Kier molecular flexibility index (Phi) is 6.84. The molecule has 1 heterocycles. The summed E-state index contributed by atoms with van der Waals surface area (Å²) in [7, 11) is 4.14. The third kappa shape index (κ3) is 5.72. The van der Waals surface area contributed by atoms with E-state index < -0.39 is 0 Å². The van der Waals surface area contributed by atoms with Crippen molar-refractivity contribution in [3.05, 3.63) is 0 Å². The molecule has 0 spiro atoms. The number of carbonyl (C=O) groups is 1. The number of rotatable bonds is 6. The maximum atomic E-state index is 11.7. The molecule has 1 fully saturated rings. The van der Waals surface area contributed by atoms with Gasteiger partial charge in [0.05, 0.1) is 6.04 Å². The Morgan fingerprint density at radius 2 is 2.31 bits per heavy atom. The molecule has 1 unspecified atom stereocenters. The summed E-state index contributed by atoms with van der Waals surface area (Å²) in [6, 6.07) is 0.0209. The first-order valence-corrected chi connectivity index (χ1v) is 7.09. The van der Waals surface area contributed by atoms with E-state index in [-0.39, 0.29) is 11.9 Å². The molecule has 16 heavy (non-hydrogen) atoms. The highest BCUT2D eigenvalue weighted by molar-refractivity contribution is 7.99. The normalized spacial score (nSPS) is 21.1. The molecule has 0 aromatic carbocycles. The number of nitrogens with zero attached hydrogens (tertiary/aromatic N) is 1. The number of hydrogen-bond acceptors (Lipinski definition) is 4. The van der Waals surface area contributed by atoms with Gasteiger partial charge in [-0.25, -0.2) is 0 Å². The Bertz CT molecular complexity index is 205. The van der Waals surface area contributed by atoms with Crippen LogP contribution in [0.5, 0.6) is 0 Å². The van der Waals surface area contributed by atoms with E-state index in [1.165, 1.54) is 0 Å². The lowest BCUT2D eigenvalue weighted by Gasteiger charge is -2.22. The summed E-state index contributed by atoms with van der Waals surface area (Å²) in [5.41, 5.74) is 0. The average Bonchev–Trinajstić information content (AvgIpc) is 2.29. The van der Waals surface area contributed by atoms with Crippen molar-refractivity contribution in [2.75, 3.05) is 45.2 Å². The third-order valence-corrected chi connectivity index (χ3v) is 3.63. The predicted molar refractivity (Wildman–Crippen MR) is 69.9 cm³/mol. The lowest BCUT2D eigenvalue weighted by molar-refractivity contribution is -0.122. The predicted octanol–water partition coefficient (Wildman–Crippen LogP) is 0.149. The lowest BCUT2D eigenvalue weighted by atomic mass is 10.2. The van der Waals surface area contributed by atoms with Crippen LogP contribution in [0.2, 0.25) is 0 Å². The standard InChI is InChI=1S/C11H23N3OS/c1-14(2)7-4-3-5-13-11(15)10-9-16-8-6-12-10/h10,12H,3-9H2,1-2H3,(H,13,15). The highest BCUT2D eigenvalue weighted by Gasteiger charge is 2.19. The summed E-state index contributed by atoms with van der Waals surface area (Å²) in [5.74, 6) is 2.19. The number of carbonyl (C=O) groups excluding carboxylic acids is 1. The highest BCUT2D eigenvalue weighted by Crippen LogP contribution is 2.07. The molecule has 0 radical (unpaired) electrons. The summed E-state index contributed by atoms with van der Waals surface area (Å²) < 4.78 is 0. The quantitative estimate of drug-likeness (QED) is 0.654. The molecule has 1 aliphatic rings. The van der Waals surface area contributed by atoms with Gasteiger partial charge in [0.25, 0.3) is 0 Å². The van der Waals surface area contributed by atoms with Crippen LogP contribution in [-0.2, 0) is 4.79 Å². The number of thioether (sulfide) groups is 1. The smallest absolute Gasteiger partial charge is 0.237 e. The van der Waals surface area contributed by atoms with Crippen LogP contribution in [0.4, 0.5) is 0 Å². The van der Waals surface area contributed by atoms with Crippen molar-refractivity contribution in [3.63, 3.8) is 0 Å². The van der Waals surface area contributed by atoms with Gasteiger partial charge < -0.3 is 15.5 Å². The number of hydrogen-bond donors (Lipinski definition) is 2. The minimum atomic E-state index is 0.0209. The fourth-order valence-electron chi connectivity index (χ4n) is 1.62. The molecule has 0 aromatic rings. The zero-order valence-corrected chi connectivity index (χ0v) is 11.1. The largest absolute Gasteiger partial charge is 0.355 e. The van der Waals surface area contributed by atoms with Crippen LogP contribution in [0.3, 0.4) is 0 Å². The summed E-state index contributed by atoms with van der Waals surface area (Å²) in [6.45, 7) is 2.84. The SMILES string of the molecule is CN(C)CCCCNC(=O)C1CSCCN1. The zero-order chi connectivity index (χ0) is 11.8. The fraction of sp³-hybridized carbons (Fsp3) is 0.909. The highest BCUT2D eigenvalue weighted by atomic mass is 32.2. The third-order valence-electron chi connectivity index (χ3n) is 2.57. The minimum Gasteiger partial charge on any atom is -0.355 e. The van der Waals surface area contributed by atoms with Crippen LogP contribution in [0.1, 0.15) is 12.8 Å². The van der Waals surface area contributed by atoms with E-state index in [1.807, 2.05) is 11.8 Å². The van der Waals surface area contributed by atoms with Crippen LogP contribution in [0.25, 0.3) is 0 Å². The molecule has 1 atom stereocenters. The first kappa shape index (κ1) is 13.8. The van der Waals surface area contributed by atoms with Crippen LogP contribution >= 0.6 is 11.8 Å². The molecule has 5 heteroatoms. The molecule has 0 saturated carbocycles. The Morgan fingerprint density at radius 1 is 1.50 bits per heavy atom. The van der Waals surface area contributed by atoms with Crippen molar-refractivity contribution in [2.24, 2.45) is 0 Å². The maximum absolute atomic E-state index is 11.7. The fourth-order valence-corrected chi connectivity index (χ4v) is 2.56. The number of amides is 1. The van der Waals surface area contributed by atoms with Gasteiger partial charge in [0.1, 0.15) is 0 Å². The molecule has 1 saturated heterocycles. The van der Waals surface area contributed by atoms with Gasteiger partial charge in [-0.2, -0.15) is 11.8 Å². The molecule has 1 aliphatic heterocycles. The van der Waals surface area contributed by atoms with Crippen molar-refractivity contribution >= 4 is 17.7 Å². The van der Waals surface area contributed by atoms with Gasteiger partial charge in [-0.1, -0.05) is 0 Å². The van der Waals surface area contributed by atoms with E-state index in [2.05, 4.69) is 29.6 Å². The molecule has 2 N–H and O–H groups in total. The van der Waals surface area contributed by atoms with Gasteiger partial charge in [0, 0.05) is 24.6 Å². The Balaban J connectivity index is 2.01. The minimum absolute atomic E-state index is 0.0209.